The van der Waals surface area contributed by atoms with Gasteiger partial charge in [0.15, 0.2) is 0 Å². The number of aromatic amines is 1. The Kier molecular flexibility index (Phi) is 7.38. The molecule has 8 nitrogen and oxygen atoms in total. The molecule has 178 valence electrons. The van der Waals surface area contributed by atoms with Crippen molar-refractivity contribution in [1.29, 1.82) is 5.26 Å². The van der Waals surface area contributed by atoms with Crippen LogP contribution in [0.1, 0.15) is 40.9 Å². The average molecular weight is 469 g/mol. The van der Waals surface area contributed by atoms with Gasteiger partial charge < -0.3 is 15.0 Å². The quantitative estimate of drug-likeness (QED) is 0.379. The third kappa shape index (κ3) is 5.00. The second-order valence-corrected chi connectivity index (χ2v) is 8.22. The fourth-order valence-electron chi connectivity index (χ4n) is 4.25. The Hall–Kier alpha value is -4.22. The van der Waals surface area contributed by atoms with E-state index in [4.69, 9.17) is 4.74 Å². The van der Waals surface area contributed by atoms with E-state index in [1.807, 2.05) is 45.3 Å². The number of nitriles is 1. The Morgan fingerprint density at radius 1 is 1.23 bits per heavy atom. The van der Waals surface area contributed by atoms with Crippen molar-refractivity contribution in [2.24, 2.45) is 0 Å². The summed E-state index contributed by atoms with van der Waals surface area (Å²) in [6.45, 7) is 3.09. The number of hydrogen-bond acceptors (Lipinski definition) is 6. The summed E-state index contributed by atoms with van der Waals surface area (Å²) in [5, 5.41) is 20.6. The summed E-state index contributed by atoms with van der Waals surface area (Å²) in [6, 6.07) is 14.8. The molecule has 2 aromatic carbocycles. The topological polar surface area (TPSA) is 107 Å². The maximum absolute atomic E-state index is 13.7. The minimum Gasteiger partial charge on any atom is -0.493 e. The maximum Gasteiger partial charge on any atom is 0.254 e. The van der Waals surface area contributed by atoms with E-state index in [1.165, 1.54) is 0 Å². The molecule has 0 aliphatic heterocycles. The number of hydrogen-bond donors (Lipinski definition) is 2. The second-order valence-electron chi connectivity index (χ2n) is 8.22. The first kappa shape index (κ1) is 23.9. The van der Waals surface area contributed by atoms with E-state index < -0.39 is 0 Å². The molecule has 1 unspecified atom stereocenters. The van der Waals surface area contributed by atoms with E-state index in [2.05, 4.69) is 26.6 Å². The number of pyridine rings is 1. The summed E-state index contributed by atoms with van der Waals surface area (Å²) < 4.78 is 5.91. The molecule has 0 aliphatic rings. The van der Waals surface area contributed by atoms with E-state index in [0.717, 1.165) is 34.1 Å². The zero-order valence-electron chi connectivity index (χ0n) is 20.1. The smallest absolute Gasteiger partial charge is 0.254 e. The van der Waals surface area contributed by atoms with E-state index in [1.54, 1.807) is 41.7 Å². The van der Waals surface area contributed by atoms with Gasteiger partial charge in [0.05, 0.1) is 36.0 Å². The lowest BCUT2D eigenvalue weighted by Crippen LogP contribution is -2.33. The lowest BCUT2D eigenvalue weighted by Gasteiger charge is -2.29. The first-order chi connectivity index (χ1) is 17.1. The van der Waals surface area contributed by atoms with Crippen LogP contribution in [-0.4, -0.2) is 53.2 Å². The van der Waals surface area contributed by atoms with Gasteiger partial charge in [0.2, 0.25) is 0 Å². The lowest BCUT2D eigenvalue weighted by atomic mass is 9.99. The van der Waals surface area contributed by atoms with Crippen LogP contribution >= 0.6 is 0 Å². The molecule has 1 amide bonds. The highest BCUT2D eigenvalue weighted by atomic mass is 16.5. The van der Waals surface area contributed by atoms with Gasteiger partial charge in [-0.15, -0.1) is 0 Å². The number of benzene rings is 2. The van der Waals surface area contributed by atoms with Gasteiger partial charge in [-0.2, -0.15) is 10.4 Å². The number of carbonyl (C=O) groups excluding carboxylic acids is 1. The van der Waals surface area contributed by atoms with Crippen molar-refractivity contribution in [3.8, 4) is 22.9 Å². The highest BCUT2D eigenvalue weighted by molar-refractivity contribution is 5.96. The predicted octanol–water partition coefficient (Wildman–Crippen LogP) is 4.32. The summed E-state index contributed by atoms with van der Waals surface area (Å²) in [4.78, 5) is 19.8. The largest absolute Gasteiger partial charge is 0.493 e. The molecular weight excluding hydrogens is 440 g/mol. The zero-order valence-corrected chi connectivity index (χ0v) is 20.1. The molecule has 2 aromatic heterocycles. The Bertz CT molecular complexity index is 1370. The maximum atomic E-state index is 13.7. The lowest BCUT2D eigenvalue weighted by molar-refractivity contribution is 0.0723. The van der Waals surface area contributed by atoms with E-state index >= 15 is 0 Å². The van der Waals surface area contributed by atoms with Gasteiger partial charge in [0, 0.05) is 41.5 Å². The average Bonchev–Trinajstić information content (AvgIpc) is 3.38. The molecule has 0 aliphatic carbocycles. The second kappa shape index (κ2) is 10.8. The SMILES string of the molecule is CCOc1cc(C(=O)N(C)C(CCNC)c2cncc3cn[nH]c23)ccc1-c1cccc(C#N)c1. The Labute approximate surface area is 204 Å². The van der Waals surface area contributed by atoms with E-state index in [0.29, 0.717) is 29.9 Å². The molecular formula is C27H28N6O2. The Morgan fingerprint density at radius 2 is 2.09 bits per heavy atom. The summed E-state index contributed by atoms with van der Waals surface area (Å²) in [5.41, 5.74) is 4.59. The number of aromatic nitrogens is 3. The molecule has 0 saturated carbocycles. The summed E-state index contributed by atoms with van der Waals surface area (Å²) in [7, 11) is 3.70. The van der Waals surface area contributed by atoms with Gasteiger partial charge in [0.1, 0.15) is 5.75 Å². The van der Waals surface area contributed by atoms with Gasteiger partial charge in [-0.05, 0) is 62.8 Å². The molecule has 0 fully saturated rings. The first-order valence-corrected chi connectivity index (χ1v) is 11.5. The Balaban J connectivity index is 1.70. The van der Waals surface area contributed by atoms with E-state index in [-0.39, 0.29) is 11.9 Å². The molecule has 2 heterocycles. The van der Waals surface area contributed by atoms with Crippen LogP contribution in [0.15, 0.2) is 61.1 Å². The number of rotatable bonds is 9. The molecule has 35 heavy (non-hydrogen) atoms. The first-order valence-electron chi connectivity index (χ1n) is 11.5. The molecule has 4 rings (SSSR count). The van der Waals surface area contributed by atoms with Gasteiger partial charge >= 0.3 is 0 Å². The van der Waals surface area contributed by atoms with Crippen LogP contribution in [0.25, 0.3) is 22.0 Å². The zero-order chi connectivity index (χ0) is 24.8. The Morgan fingerprint density at radius 3 is 2.86 bits per heavy atom. The van der Waals surface area contributed by atoms with E-state index in [9.17, 15) is 10.1 Å². The predicted molar refractivity (Wildman–Crippen MR) is 135 cm³/mol. The molecule has 0 radical (unpaired) electrons. The molecule has 4 aromatic rings. The number of H-pyrrole nitrogens is 1. The minimum atomic E-state index is -0.214. The highest BCUT2D eigenvalue weighted by Crippen LogP contribution is 2.34. The van der Waals surface area contributed by atoms with Gasteiger partial charge in [-0.3, -0.25) is 14.9 Å². The van der Waals surface area contributed by atoms with Crippen LogP contribution in [-0.2, 0) is 0 Å². The third-order valence-electron chi connectivity index (χ3n) is 6.03. The molecule has 0 spiro atoms. The van der Waals surface area contributed by atoms with Crippen molar-refractivity contribution in [3.05, 3.63) is 77.7 Å². The standard InChI is InChI=1S/C27H28N6O2/c1-4-35-25-13-20(8-9-22(25)19-7-5-6-18(12-19)14-28)27(34)33(3)24(10-11-29-2)23-17-30-15-21-16-31-32-26(21)23/h5-9,12-13,15-17,24,29H,4,10-11H2,1-3H3,(H,31,32). The molecule has 0 saturated heterocycles. The number of amides is 1. The molecule has 8 heteroatoms. The van der Waals surface area contributed by atoms with Crippen molar-refractivity contribution in [2.75, 3.05) is 27.2 Å². The van der Waals surface area contributed by atoms with Crippen molar-refractivity contribution in [2.45, 2.75) is 19.4 Å². The minimum absolute atomic E-state index is 0.124. The third-order valence-corrected chi connectivity index (χ3v) is 6.03. The molecule has 1 atom stereocenters. The molecule has 2 N–H and O–H groups in total. The van der Waals surface area contributed by atoms with Gasteiger partial charge in [0.25, 0.3) is 5.91 Å². The fraction of sp³-hybridized carbons (Fsp3) is 0.259. The monoisotopic (exact) mass is 468 g/mol. The number of nitrogens with zero attached hydrogens (tertiary/aromatic N) is 4. The van der Waals surface area contributed by atoms with Crippen molar-refractivity contribution in [3.63, 3.8) is 0 Å². The normalized spacial score (nSPS) is 11.7. The van der Waals surface area contributed by atoms with Crippen molar-refractivity contribution >= 4 is 16.8 Å². The van der Waals surface area contributed by atoms with Crippen LogP contribution in [0.3, 0.4) is 0 Å². The highest BCUT2D eigenvalue weighted by Gasteiger charge is 2.26. The fourth-order valence-corrected chi connectivity index (χ4v) is 4.25. The van der Waals surface area contributed by atoms with Gasteiger partial charge in [-0.1, -0.05) is 12.1 Å². The van der Waals surface area contributed by atoms with Crippen LogP contribution in [0, 0.1) is 11.3 Å². The van der Waals surface area contributed by atoms with Crippen molar-refractivity contribution < 1.29 is 9.53 Å². The number of carbonyl (C=O) groups is 1. The summed E-state index contributed by atoms with van der Waals surface area (Å²) in [6.07, 6.45) is 5.99. The number of ether oxygens (including phenoxy) is 1. The number of fused-ring (bicyclic) bond motifs is 1. The summed E-state index contributed by atoms with van der Waals surface area (Å²) >= 11 is 0. The van der Waals surface area contributed by atoms with Crippen LogP contribution in [0.4, 0.5) is 0 Å². The van der Waals surface area contributed by atoms with Crippen LogP contribution in [0.2, 0.25) is 0 Å². The molecule has 0 bridgehead atoms. The summed E-state index contributed by atoms with van der Waals surface area (Å²) in [5.74, 6) is 0.479. The van der Waals surface area contributed by atoms with Crippen molar-refractivity contribution in [1.82, 2.24) is 25.4 Å². The number of nitrogens with one attached hydrogen (secondary N) is 2. The van der Waals surface area contributed by atoms with Gasteiger partial charge in [-0.25, -0.2) is 0 Å². The van der Waals surface area contributed by atoms with Crippen LogP contribution < -0.4 is 10.1 Å². The van der Waals surface area contributed by atoms with Crippen LogP contribution in [0.5, 0.6) is 5.75 Å².